The summed E-state index contributed by atoms with van der Waals surface area (Å²) < 4.78 is 2.05. The average Bonchev–Trinajstić information content (AvgIpc) is 2.34. The Morgan fingerprint density at radius 2 is 2.55 bits per heavy atom. The van der Waals surface area contributed by atoms with Crippen molar-refractivity contribution in [1.82, 2.24) is 4.98 Å². The van der Waals surface area contributed by atoms with Gasteiger partial charge in [0.1, 0.15) is 5.69 Å². The van der Waals surface area contributed by atoms with Gasteiger partial charge in [-0.1, -0.05) is 0 Å². The lowest BCUT2D eigenvalue weighted by atomic mass is 10.4. The van der Waals surface area contributed by atoms with Crippen LogP contribution >= 0.6 is 11.8 Å². The number of aromatic nitrogens is 2. The molecule has 0 amide bonds. The van der Waals surface area contributed by atoms with Crippen molar-refractivity contribution in [2.24, 2.45) is 0 Å². The fraction of sp³-hybridized carbons (Fsp3) is 0.429. The minimum Gasteiger partial charge on any atom is -0.318 e. The van der Waals surface area contributed by atoms with Crippen LogP contribution in [0.3, 0.4) is 0 Å². The summed E-state index contributed by atoms with van der Waals surface area (Å²) in [7, 11) is 0. The lowest BCUT2D eigenvalue weighted by Gasteiger charge is -1.97. The van der Waals surface area contributed by atoms with Gasteiger partial charge in [-0.25, -0.2) is 4.57 Å². The number of hydrogen-bond acceptors (Lipinski definition) is 3. The summed E-state index contributed by atoms with van der Waals surface area (Å²) in [5.41, 5.74) is 6.79. The summed E-state index contributed by atoms with van der Waals surface area (Å²) in [4.78, 5) is 4.36. The monoisotopic (exact) mass is 168 g/mol. The van der Waals surface area contributed by atoms with Crippen molar-refractivity contribution >= 4 is 17.6 Å². The molecule has 0 spiro atoms. The number of nitrogens with zero attached hydrogens (tertiary/aromatic N) is 2. The van der Waals surface area contributed by atoms with Gasteiger partial charge in [-0.2, -0.15) is 0 Å². The van der Waals surface area contributed by atoms with Crippen LogP contribution in [-0.4, -0.2) is 10.7 Å². The summed E-state index contributed by atoms with van der Waals surface area (Å²) >= 11 is 1.77. The van der Waals surface area contributed by atoms with Gasteiger partial charge in [-0.15, -0.1) is 4.98 Å². The molecule has 1 aliphatic rings. The van der Waals surface area contributed by atoms with Crippen LogP contribution in [0.5, 0.6) is 0 Å². The highest BCUT2D eigenvalue weighted by Crippen LogP contribution is 2.18. The molecule has 2 N–H and O–H groups in total. The Balaban J connectivity index is 2.60. The van der Waals surface area contributed by atoms with Crippen molar-refractivity contribution < 1.29 is 4.57 Å². The Bertz CT molecular complexity index is 298. The number of aryl methyl sites for hydroxylation is 1. The SMILES string of the molecule is Cc1cc(N)[n+]2c(n1)SCC2. The third kappa shape index (κ3) is 1.07. The molecule has 3 nitrogen and oxygen atoms in total. The summed E-state index contributed by atoms with van der Waals surface area (Å²) in [6.45, 7) is 2.97. The van der Waals surface area contributed by atoms with Crippen LogP contribution in [0.1, 0.15) is 5.69 Å². The third-order valence-corrected chi connectivity index (χ3v) is 2.67. The smallest absolute Gasteiger partial charge is 0.298 e. The van der Waals surface area contributed by atoms with Crippen molar-refractivity contribution in [3.05, 3.63) is 11.8 Å². The number of nitrogen functional groups attached to an aromatic ring is 1. The molecule has 0 saturated heterocycles. The van der Waals surface area contributed by atoms with E-state index < -0.39 is 0 Å². The number of anilines is 1. The Kier molecular flexibility index (Phi) is 1.49. The first-order valence-corrected chi connectivity index (χ1v) is 4.56. The van der Waals surface area contributed by atoms with Gasteiger partial charge in [0.05, 0.1) is 6.54 Å². The first-order valence-electron chi connectivity index (χ1n) is 3.57. The molecule has 0 atom stereocenters. The second-order valence-corrected chi connectivity index (χ2v) is 3.67. The van der Waals surface area contributed by atoms with E-state index in [1.807, 2.05) is 13.0 Å². The molecular weight excluding hydrogens is 158 g/mol. The molecule has 0 saturated carbocycles. The zero-order chi connectivity index (χ0) is 7.84. The number of rotatable bonds is 0. The third-order valence-electron chi connectivity index (χ3n) is 1.72. The fourth-order valence-corrected chi connectivity index (χ4v) is 2.23. The lowest BCUT2D eigenvalue weighted by molar-refractivity contribution is -0.713. The molecule has 0 aromatic carbocycles. The van der Waals surface area contributed by atoms with Gasteiger partial charge < -0.3 is 5.73 Å². The molecule has 1 aromatic rings. The van der Waals surface area contributed by atoms with Crippen LogP contribution in [0.4, 0.5) is 5.82 Å². The Morgan fingerprint density at radius 3 is 3.36 bits per heavy atom. The molecule has 0 aliphatic carbocycles. The second-order valence-electron chi connectivity index (χ2n) is 2.61. The molecule has 2 rings (SSSR count). The number of thioether (sulfide) groups is 1. The maximum Gasteiger partial charge on any atom is 0.298 e. The Labute approximate surface area is 69.6 Å². The molecule has 1 aromatic heterocycles. The van der Waals surface area contributed by atoms with Crippen LogP contribution in [-0.2, 0) is 6.54 Å². The molecular formula is C7H10N3S+. The van der Waals surface area contributed by atoms with Gasteiger partial charge in [0, 0.05) is 11.8 Å². The maximum absolute atomic E-state index is 5.78. The summed E-state index contributed by atoms with van der Waals surface area (Å²) in [6, 6.07) is 1.91. The quantitative estimate of drug-likeness (QED) is 0.449. The van der Waals surface area contributed by atoms with Gasteiger partial charge in [0.15, 0.2) is 0 Å². The van der Waals surface area contributed by atoms with Crippen LogP contribution in [0.15, 0.2) is 11.2 Å². The van der Waals surface area contributed by atoms with Crippen LogP contribution < -0.4 is 10.3 Å². The first kappa shape index (κ1) is 6.91. The fourth-order valence-electron chi connectivity index (χ4n) is 1.21. The van der Waals surface area contributed by atoms with E-state index in [0.29, 0.717) is 0 Å². The first-order chi connectivity index (χ1) is 5.27. The Hall–Kier alpha value is -0.770. The average molecular weight is 168 g/mol. The lowest BCUT2D eigenvalue weighted by Crippen LogP contribution is -2.37. The van der Waals surface area contributed by atoms with E-state index in [1.165, 1.54) is 0 Å². The standard InChI is InChI=1S/C7H9N3S/c1-5-4-6(8)10-2-3-11-7(10)9-5/h4,8H,2-3H2,1H3/p+1. The van der Waals surface area contributed by atoms with Crippen molar-refractivity contribution in [2.45, 2.75) is 18.6 Å². The highest BCUT2D eigenvalue weighted by molar-refractivity contribution is 7.99. The predicted octanol–water partition coefficient (Wildman–Crippen LogP) is 0.365. The van der Waals surface area contributed by atoms with E-state index in [-0.39, 0.29) is 0 Å². The second kappa shape index (κ2) is 2.37. The molecule has 0 radical (unpaired) electrons. The highest BCUT2D eigenvalue weighted by Gasteiger charge is 2.20. The molecule has 11 heavy (non-hydrogen) atoms. The van der Waals surface area contributed by atoms with Gasteiger partial charge in [-0.05, 0) is 18.7 Å². The van der Waals surface area contributed by atoms with Gasteiger partial charge in [0.25, 0.3) is 5.16 Å². The zero-order valence-electron chi connectivity index (χ0n) is 6.37. The van der Waals surface area contributed by atoms with E-state index >= 15 is 0 Å². The number of fused-ring (bicyclic) bond motifs is 1. The van der Waals surface area contributed by atoms with E-state index in [4.69, 9.17) is 5.73 Å². The molecule has 0 bridgehead atoms. The van der Waals surface area contributed by atoms with Crippen molar-refractivity contribution in [1.29, 1.82) is 0 Å². The van der Waals surface area contributed by atoms with Crippen LogP contribution in [0.2, 0.25) is 0 Å². The van der Waals surface area contributed by atoms with Gasteiger partial charge in [-0.3, -0.25) is 0 Å². The van der Waals surface area contributed by atoms with E-state index in [2.05, 4.69) is 9.55 Å². The van der Waals surface area contributed by atoms with Crippen LogP contribution in [0.25, 0.3) is 0 Å². The minimum atomic E-state index is 0.831. The molecule has 0 unspecified atom stereocenters. The van der Waals surface area contributed by atoms with Gasteiger partial charge >= 0.3 is 0 Å². The van der Waals surface area contributed by atoms with E-state index in [1.54, 1.807) is 11.8 Å². The highest BCUT2D eigenvalue weighted by atomic mass is 32.2. The van der Waals surface area contributed by atoms with Crippen LogP contribution in [0, 0.1) is 6.92 Å². The normalized spacial score (nSPS) is 15.0. The molecule has 2 heterocycles. The zero-order valence-corrected chi connectivity index (χ0v) is 7.19. The van der Waals surface area contributed by atoms with Crippen molar-refractivity contribution in [2.75, 3.05) is 11.5 Å². The van der Waals surface area contributed by atoms with Gasteiger partial charge in [0.2, 0.25) is 5.82 Å². The van der Waals surface area contributed by atoms with Crippen molar-refractivity contribution in [3.63, 3.8) is 0 Å². The van der Waals surface area contributed by atoms with E-state index in [0.717, 1.165) is 29.0 Å². The molecule has 4 heteroatoms. The Morgan fingerprint density at radius 1 is 1.73 bits per heavy atom. The van der Waals surface area contributed by atoms with E-state index in [9.17, 15) is 0 Å². The summed E-state index contributed by atoms with van der Waals surface area (Å²) in [5, 5.41) is 1.06. The molecule has 0 fully saturated rings. The summed E-state index contributed by atoms with van der Waals surface area (Å²) in [5.74, 6) is 1.93. The largest absolute Gasteiger partial charge is 0.318 e. The predicted molar refractivity (Wildman–Crippen MR) is 44.3 cm³/mol. The number of nitrogens with two attached hydrogens (primary N) is 1. The molecule has 58 valence electrons. The maximum atomic E-state index is 5.78. The molecule has 1 aliphatic heterocycles. The summed E-state index contributed by atoms with van der Waals surface area (Å²) in [6.07, 6.45) is 0. The topological polar surface area (TPSA) is 42.8 Å². The minimum absolute atomic E-state index is 0.831. The number of hydrogen-bond donors (Lipinski definition) is 1. The van der Waals surface area contributed by atoms with Crippen molar-refractivity contribution in [3.8, 4) is 0 Å².